The fourth-order valence-electron chi connectivity index (χ4n) is 1.51. The SMILES string of the molecule is O=C[O-].S=C([S-])N(c1ccccc1)c1ccccc1.[Mn+2].[Mn+2]. The van der Waals surface area contributed by atoms with Crippen LogP contribution in [0.15, 0.2) is 60.7 Å². The monoisotopic (exact) mass is 399 g/mol. The average Bonchev–Trinajstić information content (AvgIpc) is 2.42. The third-order valence-corrected chi connectivity index (χ3v) is 2.58. The molecule has 2 rings (SSSR count). The van der Waals surface area contributed by atoms with Gasteiger partial charge in [-0.2, -0.15) is 0 Å². The number of hydrogen-bond donors (Lipinski definition) is 0. The molecule has 2 aromatic carbocycles. The maximum Gasteiger partial charge on any atom is 2.00 e. The Labute approximate surface area is 156 Å². The Hall–Kier alpha value is -0.941. The molecule has 21 heavy (non-hydrogen) atoms. The van der Waals surface area contributed by atoms with Crippen molar-refractivity contribution in [1.29, 1.82) is 0 Å². The summed E-state index contributed by atoms with van der Waals surface area (Å²) in [4.78, 5) is 10.1. The number of benzene rings is 2. The number of carbonyl (C=O) groups excluding carboxylic acids is 1. The first kappa shape index (κ1) is 22.3. The summed E-state index contributed by atoms with van der Waals surface area (Å²) >= 11 is 10.2. The molecule has 0 aliphatic rings. The van der Waals surface area contributed by atoms with E-state index in [4.69, 9.17) is 34.7 Å². The molecule has 0 atom stereocenters. The molecule has 0 saturated carbocycles. The van der Waals surface area contributed by atoms with E-state index < -0.39 is 6.47 Å². The van der Waals surface area contributed by atoms with Crippen molar-refractivity contribution in [2.45, 2.75) is 0 Å². The fourth-order valence-corrected chi connectivity index (χ4v) is 1.94. The summed E-state index contributed by atoms with van der Waals surface area (Å²) in [5, 5.41) is 8.25. The Bertz CT molecular complexity index is 488. The minimum Gasteiger partial charge on any atom is -0.554 e. The molecule has 0 aliphatic heterocycles. The predicted molar refractivity (Wildman–Crippen MR) is 81.1 cm³/mol. The Morgan fingerprint density at radius 2 is 1.24 bits per heavy atom. The zero-order valence-corrected chi connectivity index (χ0v) is 14.7. The maximum atomic E-state index is 8.25. The molecule has 3 nitrogen and oxygen atoms in total. The molecule has 0 fully saturated rings. The van der Waals surface area contributed by atoms with E-state index in [1.54, 1.807) is 0 Å². The molecule has 2 radical (unpaired) electrons. The zero-order chi connectivity index (χ0) is 14.1. The number of anilines is 2. The average molecular weight is 399 g/mol. The van der Waals surface area contributed by atoms with Crippen LogP contribution < -0.4 is 10.0 Å². The van der Waals surface area contributed by atoms with E-state index in [-0.39, 0.29) is 34.1 Å². The number of rotatable bonds is 2. The Morgan fingerprint density at radius 3 is 1.48 bits per heavy atom. The standard InChI is InChI=1S/C13H11NS2.CH2O2.2Mn/c15-13(16)14(11-7-3-1-4-8-11)12-9-5-2-6-10-12;2-1-3;;/h1-10H,(H,15,16);1H,(H,2,3);;/q;;2*+2/p-2. The Morgan fingerprint density at radius 1 is 0.952 bits per heavy atom. The molecule has 0 amide bonds. The minimum atomic E-state index is -0.500. The van der Waals surface area contributed by atoms with Gasteiger partial charge in [-0.3, -0.25) is 0 Å². The fraction of sp³-hybridized carbons (Fsp3) is 0. The number of carbonyl (C=O) groups is 1. The third-order valence-electron chi connectivity index (χ3n) is 2.21. The molecular formula is C14H11Mn2NO2S2+2. The first-order chi connectivity index (χ1) is 9.20. The van der Waals surface area contributed by atoms with Crippen LogP contribution in [-0.2, 0) is 51.6 Å². The molecule has 0 heterocycles. The first-order valence-electron chi connectivity index (χ1n) is 5.37. The Balaban J connectivity index is 0. The van der Waals surface area contributed by atoms with Crippen molar-refractivity contribution in [3.05, 3.63) is 60.7 Å². The van der Waals surface area contributed by atoms with Gasteiger partial charge in [-0.1, -0.05) is 40.7 Å². The normalized spacial score (nSPS) is 8.00. The summed E-state index contributed by atoms with van der Waals surface area (Å²) in [6, 6.07) is 19.8. The maximum absolute atomic E-state index is 8.25. The third kappa shape index (κ3) is 7.57. The van der Waals surface area contributed by atoms with Gasteiger partial charge < -0.3 is 39.6 Å². The second-order valence-electron chi connectivity index (χ2n) is 3.37. The van der Waals surface area contributed by atoms with Gasteiger partial charge in [0.15, 0.2) is 0 Å². The van der Waals surface area contributed by atoms with Crippen molar-refractivity contribution in [1.82, 2.24) is 0 Å². The van der Waals surface area contributed by atoms with Crippen LogP contribution >= 0.6 is 12.2 Å². The van der Waals surface area contributed by atoms with Crippen LogP contribution in [0.2, 0.25) is 0 Å². The van der Waals surface area contributed by atoms with Crippen molar-refractivity contribution >= 4 is 47.0 Å². The molecule has 0 bridgehead atoms. The molecule has 0 aromatic heterocycles. The largest absolute Gasteiger partial charge is 2.00 e. The summed E-state index contributed by atoms with van der Waals surface area (Å²) in [7, 11) is 0. The second-order valence-corrected chi connectivity index (χ2v) is 4.40. The molecule has 0 N–H and O–H groups in total. The van der Waals surface area contributed by atoms with E-state index in [0.717, 1.165) is 11.4 Å². The Kier molecular flexibility index (Phi) is 13.6. The van der Waals surface area contributed by atoms with Gasteiger partial charge in [0.2, 0.25) is 0 Å². The molecule has 0 aliphatic carbocycles. The van der Waals surface area contributed by atoms with Crippen molar-refractivity contribution in [3.63, 3.8) is 0 Å². The smallest absolute Gasteiger partial charge is 0.554 e. The molecular weight excluding hydrogens is 388 g/mol. The van der Waals surface area contributed by atoms with Crippen LogP contribution in [0, 0.1) is 0 Å². The van der Waals surface area contributed by atoms with Crippen LogP contribution in [0.3, 0.4) is 0 Å². The van der Waals surface area contributed by atoms with E-state index in [1.165, 1.54) is 0 Å². The van der Waals surface area contributed by atoms with Gasteiger partial charge in [-0.05, 0) is 24.3 Å². The summed E-state index contributed by atoms with van der Waals surface area (Å²) < 4.78 is 0.428. The van der Waals surface area contributed by atoms with Crippen molar-refractivity contribution in [2.24, 2.45) is 0 Å². The molecule has 2 aromatic rings. The molecule has 108 valence electrons. The van der Waals surface area contributed by atoms with Gasteiger partial charge in [-0.25, -0.2) is 0 Å². The van der Waals surface area contributed by atoms with E-state index in [2.05, 4.69) is 0 Å². The van der Waals surface area contributed by atoms with E-state index >= 15 is 0 Å². The summed E-state index contributed by atoms with van der Waals surface area (Å²) in [5.41, 5.74) is 1.99. The first-order valence-corrected chi connectivity index (χ1v) is 6.19. The topological polar surface area (TPSA) is 43.4 Å². The van der Waals surface area contributed by atoms with Gasteiger partial charge in [0.25, 0.3) is 0 Å². The van der Waals surface area contributed by atoms with E-state index in [9.17, 15) is 0 Å². The van der Waals surface area contributed by atoms with Crippen LogP contribution in [0.1, 0.15) is 0 Å². The number of hydrogen-bond acceptors (Lipinski definition) is 4. The quantitative estimate of drug-likeness (QED) is 0.335. The van der Waals surface area contributed by atoms with Crippen molar-refractivity contribution in [3.8, 4) is 0 Å². The number of thiocarbonyl (C=S) groups is 1. The minimum absolute atomic E-state index is 0. The summed E-state index contributed by atoms with van der Waals surface area (Å²) in [6.07, 6.45) is 0. The zero-order valence-electron chi connectivity index (χ0n) is 10.7. The van der Waals surface area contributed by atoms with Gasteiger partial charge in [0.1, 0.15) is 0 Å². The van der Waals surface area contributed by atoms with E-state index in [0.29, 0.717) is 4.32 Å². The number of para-hydroxylation sites is 2. The number of nitrogens with zero attached hydrogens (tertiary/aromatic N) is 1. The van der Waals surface area contributed by atoms with Crippen molar-refractivity contribution in [2.75, 3.05) is 4.90 Å². The molecule has 0 spiro atoms. The van der Waals surface area contributed by atoms with Crippen LogP contribution in [-0.4, -0.2) is 10.8 Å². The molecule has 0 unspecified atom stereocenters. The summed E-state index contributed by atoms with van der Waals surface area (Å²) in [6.45, 7) is -0.500. The van der Waals surface area contributed by atoms with E-state index in [1.807, 2.05) is 65.6 Å². The molecule has 0 saturated heterocycles. The van der Waals surface area contributed by atoms with Gasteiger partial charge in [0, 0.05) is 17.8 Å². The molecule has 7 heteroatoms. The number of carboxylic acid groups (broad SMARTS) is 1. The van der Waals surface area contributed by atoms with Crippen LogP contribution in [0.4, 0.5) is 11.4 Å². The second kappa shape index (κ2) is 12.8. The predicted octanol–water partition coefficient (Wildman–Crippen LogP) is 2.02. The van der Waals surface area contributed by atoms with Gasteiger partial charge in [0.05, 0.1) is 0 Å². The van der Waals surface area contributed by atoms with Gasteiger partial charge >= 0.3 is 34.1 Å². The van der Waals surface area contributed by atoms with Crippen LogP contribution in [0.25, 0.3) is 0 Å². The summed E-state index contributed by atoms with van der Waals surface area (Å²) in [5.74, 6) is 0. The van der Waals surface area contributed by atoms with Crippen LogP contribution in [0.5, 0.6) is 0 Å². The van der Waals surface area contributed by atoms with Gasteiger partial charge in [-0.15, -0.1) is 0 Å². The van der Waals surface area contributed by atoms with Crippen molar-refractivity contribution < 1.29 is 44.0 Å².